The van der Waals surface area contributed by atoms with Gasteiger partial charge in [-0.3, -0.25) is 9.59 Å². The van der Waals surface area contributed by atoms with Crippen molar-refractivity contribution in [3.63, 3.8) is 0 Å². The van der Waals surface area contributed by atoms with Gasteiger partial charge in [0.2, 0.25) is 5.91 Å². The molecule has 1 atom stereocenters. The van der Waals surface area contributed by atoms with Crippen LogP contribution in [-0.2, 0) is 10.5 Å². The van der Waals surface area contributed by atoms with Gasteiger partial charge in [0.15, 0.2) is 0 Å². The molecule has 0 bridgehead atoms. The number of hydrogen-bond donors (Lipinski definition) is 1. The zero-order valence-corrected chi connectivity index (χ0v) is 21.2. The van der Waals surface area contributed by atoms with Crippen LogP contribution in [-0.4, -0.2) is 71.8 Å². The summed E-state index contributed by atoms with van der Waals surface area (Å²) in [6.07, 6.45) is 1.50. The van der Waals surface area contributed by atoms with Crippen LogP contribution in [0.4, 0.5) is 5.82 Å². The maximum atomic E-state index is 13.1. The number of aromatic nitrogens is 6. The predicted octanol–water partition coefficient (Wildman–Crippen LogP) is 2.32. The number of carbonyl (C=O) groups is 1. The number of nitrogens with one attached hydrogen (secondary N) is 1. The Morgan fingerprint density at radius 2 is 1.97 bits per heavy atom. The molecule has 1 unspecified atom stereocenters. The van der Waals surface area contributed by atoms with Crippen molar-refractivity contribution in [3.05, 3.63) is 44.7 Å². The molecule has 1 fully saturated rings. The fraction of sp³-hybridized carbons (Fsp3) is 0.455. The summed E-state index contributed by atoms with van der Waals surface area (Å²) in [5.74, 6) is 2.72. The molecular formula is C22H26N8O2S2. The Balaban J connectivity index is 1.21. The van der Waals surface area contributed by atoms with Crippen molar-refractivity contribution in [3.8, 4) is 0 Å². The van der Waals surface area contributed by atoms with Crippen molar-refractivity contribution in [1.82, 2.24) is 34.4 Å². The maximum absolute atomic E-state index is 13.1. The third-order valence-electron chi connectivity index (χ3n) is 6.18. The summed E-state index contributed by atoms with van der Waals surface area (Å²) < 4.78 is 1.74. The van der Waals surface area contributed by atoms with E-state index in [-0.39, 0.29) is 16.7 Å². The van der Waals surface area contributed by atoms with Gasteiger partial charge in [0, 0.05) is 42.8 Å². The average molecular weight is 499 g/mol. The molecule has 10 nitrogen and oxygen atoms in total. The number of aryl methyl sites for hydroxylation is 3. The number of thioether (sulfide) groups is 1. The number of hydrogen-bond acceptors (Lipinski definition) is 9. The van der Waals surface area contributed by atoms with E-state index in [0.29, 0.717) is 48.9 Å². The summed E-state index contributed by atoms with van der Waals surface area (Å²) >= 11 is 3.03. The fourth-order valence-electron chi connectivity index (χ4n) is 4.19. The monoisotopic (exact) mass is 498 g/mol. The summed E-state index contributed by atoms with van der Waals surface area (Å²) in [5, 5.41) is 4.73. The van der Waals surface area contributed by atoms with Gasteiger partial charge in [0.1, 0.15) is 22.8 Å². The summed E-state index contributed by atoms with van der Waals surface area (Å²) in [4.78, 5) is 47.7. The first kappa shape index (κ1) is 22.8. The Morgan fingerprint density at radius 3 is 2.74 bits per heavy atom. The molecule has 0 spiro atoms. The first-order chi connectivity index (χ1) is 16.3. The normalized spacial score (nSPS) is 15.4. The summed E-state index contributed by atoms with van der Waals surface area (Å²) in [6, 6.07) is 2.00. The molecule has 12 heteroatoms. The zero-order chi connectivity index (χ0) is 24.0. The Hall–Kier alpha value is -2.99. The first-order valence-corrected chi connectivity index (χ1v) is 13.0. The molecule has 0 radical (unpaired) electrons. The second-order valence-electron chi connectivity index (χ2n) is 8.47. The molecule has 1 aliphatic heterocycles. The van der Waals surface area contributed by atoms with E-state index in [1.54, 1.807) is 4.52 Å². The molecule has 1 saturated heterocycles. The SMILES string of the molecule is Cc1cc(N2CCN(C(=O)C(C)SCc3nc4sc(C)c(C)c4c(=O)[nH]3)CC2)n2ncnc2n1. The van der Waals surface area contributed by atoms with E-state index in [0.717, 1.165) is 26.8 Å². The maximum Gasteiger partial charge on any atom is 0.259 e. The number of nitrogens with zero attached hydrogens (tertiary/aromatic N) is 7. The highest BCUT2D eigenvalue weighted by Crippen LogP contribution is 2.27. The Kier molecular flexibility index (Phi) is 6.02. The minimum Gasteiger partial charge on any atom is -0.353 e. The molecule has 4 aromatic heterocycles. The minimum absolute atomic E-state index is 0.104. The summed E-state index contributed by atoms with van der Waals surface area (Å²) in [7, 11) is 0. The Bertz CT molecular complexity index is 1430. The predicted molar refractivity (Wildman–Crippen MR) is 135 cm³/mol. The zero-order valence-electron chi connectivity index (χ0n) is 19.5. The van der Waals surface area contributed by atoms with E-state index < -0.39 is 0 Å². The molecule has 1 amide bonds. The summed E-state index contributed by atoms with van der Waals surface area (Å²) in [5.41, 5.74) is 1.77. The second-order valence-corrected chi connectivity index (χ2v) is 11.0. The lowest BCUT2D eigenvalue weighted by Crippen LogP contribution is -2.51. The van der Waals surface area contributed by atoms with Gasteiger partial charge >= 0.3 is 0 Å². The van der Waals surface area contributed by atoms with Gasteiger partial charge in [-0.05, 0) is 33.3 Å². The molecule has 4 aromatic rings. The number of thiophene rings is 1. The molecule has 1 aliphatic rings. The minimum atomic E-state index is -0.232. The third-order valence-corrected chi connectivity index (χ3v) is 8.43. The van der Waals surface area contributed by atoms with Crippen LogP contribution in [0.3, 0.4) is 0 Å². The molecule has 178 valence electrons. The number of amides is 1. The summed E-state index contributed by atoms with van der Waals surface area (Å²) in [6.45, 7) is 10.5. The number of anilines is 1. The van der Waals surface area contributed by atoms with Crippen molar-refractivity contribution in [2.24, 2.45) is 0 Å². The standard InChI is InChI=1S/C22H26N8O2S2/c1-12-9-17(30-22(25-12)23-11-24-30)28-5-7-29(8-6-28)21(32)15(4)33-10-16-26-19(31)18-13(2)14(3)34-20(18)27-16/h9,11,15H,5-8,10H2,1-4H3,(H,26,27,31). The molecule has 34 heavy (non-hydrogen) atoms. The quantitative estimate of drug-likeness (QED) is 0.446. The van der Waals surface area contributed by atoms with Crippen LogP contribution in [0, 0.1) is 20.8 Å². The smallest absolute Gasteiger partial charge is 0.259 e. The van der Waals surface area contributed by atoms with E-state index in [2.05, 4.69) is 29.9 Å². The first-order valence-electron chi connectivity index (χ1n) is 11.1. The second kappa shape index (κ2) is 8.99. The highest BCUT2D eigenvalue weighted by atomic mass is 32.2. The molecular weight excluding hydrogens is 472 g/mol. The number of carbonyl (C=O) groups excluding carboxylic acids is 1. The van der Waals surface area contributed by atoms with E-state index in [9.17, 15) is 9.59 Å². The van der Waals surface area contributed by atoms with Crippen molar-refractivity contribution in [1.29, 1.82) is 0 Å². The van der Waals surface area contributed by atoms with Gasteiger partial charge in [-0.2, -0.15) is 14.6 Å². The van der Waals surface area contributed by atoms with Gasteiger partial charge in [-0.25, -0.2) is 9.97 Å². The highest BCUT2D eigenvalue weighted by Gasteiger charge is 2.27. The number of H-pyrrole nitrogens is 1. The topological polar surface area (TPSA) is 112 Å². The molecule has 1 N–H and O–H groups in total. The van der Waals surface area contributed by atoms with Crippen LogP contribution >= 0.6 is 23.1 Å². The van der Waals surface area contributed by atoms with Crippen molar-refractivity contribution >= 4 is 50.8 Å². The number of rotatable bonds is 5. The Morgan fingerprint density at radius 1 is 1.21 bits per heavy atom. The van der Waals surface area contributed by atoms with E-state index in [1.165, 1.54) is 29.4 Å². The van der Waals surface area contributed by atoms with Crippen LogP contribution < -0.4 is 10.5 Å². The van der Waals surface area contributed by atoms with Crippen LogP contribution in [0.15, 0.2) is 17.2 Å². The fourth-order valence-corrected chi connectivity index (χ4v) is 6.08. The van der Waals surface area contributed by atoms with E-state index in [1.807, 2.05) is 38.7 Å². The number of piperazine rings is 1. The largest absolute Gasteiger partial charge is 0.353 e. The van der Waals surface area contributed by atoms with Gasteiger partial charge in [-0.15, -0.1) is 23.1 Å². The van der Waals surface area contributed by atoms with E-state index >= 15 is 0 Å². The molecule has 0 aliphatic carbocycles. The number of aromatic amines is 1. The molecule has 0 saturated carbocycles. The van der Waals surface area contributed by atoms with Crippen LogP contribution in [0.1, 0.15) is 28.9 Å². The van der Waals surface area contributed by atoms with Crippen molar-refractivity contribution in [2.45, 2.75) is 38.7 Å². The van der Waals surface area contributed by atoms with E-state index in [4.69, 9.17) is 0 Å². The Labute approximate surface area is 204 Å². The van der Waals surface area contributed by atoms with Crippen molar-refractivity contribution < 1.29 is 4.79 Å². The molecule has 0 aromatic carbocycles. The molecule has 5 rings (SSSR count). The lowest BCUT2D eigenvalue weighted by Gasteiger charge is -2.36. The van der Waals surface area contributed by atoms with Gasteiger partial charge in [0.05, 0.1) is 16.4 Å². The number of fused-ring (bicyclic) bond motifs is 2. The van der Waals surface area contributed by atoms with Gasteiger partial charge in [-0.1, -0.05) is 0 Å². The lowest BCUT2D eigenvalue weighted by atomic mass is 10.2. The third kappa shape index (κ3) is 4.16. The average Bonchev–Trinajstić information content (AvgIpc) is 3.40. The molecule has 5 heterocycles. The van der Waals surface area contributed by atoms with Gasteiger partial charge in [0.25, 0.3) is 11.3 Å². The highest BCUT2D eigenvalue weighted by molar-refractivity contribution is 7.99. The van der Waals surface area contributed by atoms with Gasteiger partial charge < -0.3 is 14.8 Å². The lowest BCUT2D eigenvalue weighted by molar-refractivity contribution is -0.130. The van der Waals surface area contributed by atoms with Crippen LogP contribution in [0.25, 0.3) is 16.0 Å². The van der Waals surface area contributed by atoms with Crippen LogP contribution in [0.2, 0.25) is 0 Å². The van der Waals surface area contributed by atoms with Crippen LogP contribution in [0.5, 0.6) is 0 Å². The van der Waals surface area contributed by atoms with Crippen molar-refractivity contribution in [2.75, 3.05) is 31.1 Å².